The van der Waals surface area contributed by atoms with Crippen LogP contribution in [-0.4, -0.2) is 39.6 Å². The lowest BCUT2D eigenvalue weighted by Crippen LogP contribution is -2.38. The molecule has 7 heteroatoms. The van der Waals surface area contributed by atoms with Gasteiger partial charge >= 0.3 is 5.97 Å². The van der Waals surface area contributed by atoms with Gasteiger partial charge in [-0.2, -0.15) is 0 Å². The maximum absolute atomic E-state index is 12.5. The van der Waals surface area contributed by atoms with Crippen LogP contribution in [0.5, 0.6) is 0 Å². The second-order valence-corrected chi connectivity index (χ2v) is 5.76. The van der Waals surface area contributed by atoms with Crippen molar-refractivity contribution in [3.8, 4) is 11.3 Å². The van der Waals surface area contributed by atoms with E-state index in [2.05, 4.69) is 5.16 Å². The third kappa shape index (κ3) is 4.32. The predicted octanol–water partition coefficient (Wildman–Crippen LogP) is 3.32. The number of aromatic nitrogens is 1. The Morgan fingerprint density at radius 1 is 1.30 bits per heavy atom. The molecule has 6 nitrogen and oxygen atoms in total. The maximum atomic E-state index is 12.5. The molecule has 0 spiro atoms. The lowest BCUT2D eigenvalue weighted by atomic mass is 10.1. The molecule has 1 amide bonds. The Hall–Kier alpha value is -2.34. The summed E-state index contributed by atoms with van der Waals surface area (Å²) in [6, 6.07) is 8.37. The van der Waals surface area contributed by atoms with E-state index in [0.717, 1.165) is 5.56 Å². The van der Waals surface area contributed by atoms with Crippen molar-refractivity contribution in [3.63, 3.8) is 0 Å². The van der Waals surface area contributed by atoms with E-state index in [1.165, 1.54) is 4.90 Å². The minimum atomic E-state index is -0.953. The van der Waals surface area contributed by atoms with E-state index < -0.39 is 5.97 Å². The number of nitrogens with zero attached hydrogens (tertiary/aromatic N) is 2. The first-order chi connectivity index (χ1) is 10.9. The van der Waals surface area contributed by atoms with Gasteiger partial charge in [-0.25, -0.2) is 0 Å². The quantitative estimate of drug-likeness (QED) is 0.874. The minimum absolute atomic E-state index is 0.119. The SMILES string of the molecule is CC(C)N(CCC(=O)O)C(=O)c1cc(-c2ccc(Cl)cc2)on1. The number of hydrogen-bond acceptors (Lipinski definition) is 4. The summed E-state index contributed by atoms with van der Waals surface area (Å²) >= 11 is 5.84. The van der Waals surface area contributed by atoms with Gasteiger partial charge in [-0.15, -0.1) is 0 Å². The highest BCUT2D eigenvalue weighted by molar-refractivity contribution is 6.30. The van der Waals surface area contributed by atoms with Gasteiger partial charge < -0.3 is 14.5 Å². The molecule has 0 fully saturated rings. The number of aliphatic carboxylic acids is 1. The molecule has 2 rings (SSSR count). The van der Waals surface area contributed by atoms with Crippen LogP contribution in [0.25, 0.3) is 11.3 Å². The molecule has 0 radical (unpaired) electrons. The van der Waals surface area contributed by atoms with E-state index in [9.17, 15) is 9.59 Å². The van der Waals surface area contributed by atoms with E-state index in [1.54, 1.807) is 30.3 Å². The third-order valence-corrected chi connectivity index (χ3v) is 3.56. The number of amides is 1. The van der Waals surface area contributed by atoms with E-state index in [-0.39, 0.29) is 30.6 Å². The van der Waals surface area contributed by atoms with Crippen molar-refractivity contribution in [1.82, 2.24) is 10.1 Å². The normalized spacial score (nSPS) is 10.8. The maximum Gasteiger partial charge on any atom is 0.305 e. The van der Waals surface area contributed by atoms with E-state index in [1.807, 2.05) is 13.8 Å². The number of carboxylic acid groups (broad SMARTS) is 1. The van der Waals surface area contributed by atoms with Gasteiger partial charge in [0.2, 0.25) is 0 Å². The molecule has 0 aliphatic carbocycles. The smallest absolute Gasteiger partial charge is 0.305 e. The van der Waals surface area contributed by atoms with Crippen LogP contribution in [-0.2, 0) is 4.79 Å². The molecule has 1 heterocycles. The van der Waals surface area contributed by atoms with Gasteiger partial charge in [0.15, 0.2) is 11.5 Å². The molecule has 0 unspecified atom stereocenters. The highest BCUT2D eigenvalue weighted by Gasteiger charge is 2.23. The standard InChI is InChI=1S/C16H17ClN2O4/c1-10(2)19(8-7-15(20)21)16(22)13-9-14(23-18-13)11-3-5-12(17)6-4-11/h3-6,9-10H,7-8H2,1-2H3,(H,20,21). The first kappa shape index (κ1) is 17.0. The Bertz CT molecular complexity index is 694. The molecule has 1 aromatic heterocycles. The van der Waals surface area contributed by atoms with Crippen molar-refractivity contribution < 1.29 is 19.2 Å². The fourth-order valence-corrected chi connectivity index (χ4v) is 2.21. The van der Waals surface area contributed by atoms with Crippen molar-refractivity contribution >= 4 is 23.5 Å². The Labute approximate surface area is 138 Å². The van der Waals surface area contributed by atoms with E-state index >= 15 is 0 Å². The monoisotopic (exact) mass is 336 g/mol. The second kappa shape index (κ2) is 7.28. The zero-order valence-electron chi connectivity index (χ0n) is 12.8. The number of benzene rings is 1. The molecular formula is C16H17ClN2O4. The summed E-state index contributed by atoms with van der Waals surface area (Å²) in [4.78, 5) is 24.7. The molecule has 0 bridgehead atoms. The van der Waals surface area contributed by atoms with Gasteiger partial charge in [-0.3, -0.25) is 9.59 Å². The molecule has 23 heavy (non-hydrogen) atoms. The van der Waals surface area contributed by atoms with Gasteiger partial charge in [0, 0.05) is 29.2 Å². The molecule has 0 atom stereocenters. The predicted molar refractivity (Wildman–Crippen MR) is 85.4 cm³/mol. The summed E-state index contributed by atoms with van der Waals surface area (Å²) < 4.78 is 5.21. The summed E-state index contributed by atoms with van der Waals surface area (Å²) in [6.07, 6.45) is -0.119. The van der Waals surface area contributed by atoms with Crippen LogP contribution in [0.4, 0.5) is 0 Å². The third-order valence-electron chi connectivity index (χ3n) is 3.31. The number of rotatable bonds is 6. The Morgan fingerprint density at radius 2 is 1.96 bits per heavy atom. The largest absolute Gasteiger partial charge is 0.481 e. The van der Waals surface area contributed by atoms with Crippen LogP contribution < -0.4 is 0 Å². The summed E-state index contributed by atoms with van der Waals surface area (Å²) in [6.45, 7) is 3.76. The molecule has 1 N–H and O–H groups in total. The molecular weight excluding hydrogens is 320 g/mol. The number of halogens is 1. The zero-order valence-corrected chi connectivity index (χ0v) is 13.6. The second-order valence-electron chi connectivity index (χ2n) is 5.32. The van der Waals surface area contributed by atoms with Crippen LogP contribution in [0.1, 0.15) is 30.8 Å². The highest BCUT2D eigenvalue weighted by Crippen LogP contribution is 2.23. The van der Waals surface area contributed by atoms with Crippen molar-refractivity contribution in [1.29, 1.82) is 0 Å². The van der Waals surface area contributed by atoms with Crippen LogP contribution in [0, 0.1) is 0 Å². The average Bonchev–Trinajstić information content (AvgIpc) is 2.97. The Balaban J connectivity index is 2.18. The van der Waals surface area contributed by atoms with Crippen LogP contribution in [0.3, 0.4) is 0 Å². The lowest BCUT2D eigenvalue weighted by molar-refractivity contribution is -0.137. The van der Waals surface area contributed by atoms with Gasteiger partial charge in [0.25, 0.3) is 5.91 Å². The van der Waals surface area contributed by atoms with Gasteiger partial charge in [-0.1, -0.05) is 16.8 Å². The van der Waals surface area contributed by atoms with Crippen LogP contribution in [0.15, 0.2) is 34.9 Å². The molecule has 122 valence electrons. The van der Waals surface area contributed by atoms with Crippen molar-refractivity contribution in [2.75, 3.05) is 6.54 Å². The van der Waals surface area contributed by atoms with Crippen molar-refractivity contribution in [3.05, 3.63) is 41.0 Å². The first-order valence-corrected chi connectivity index (χ1v) is 7.51. The number of carboxylic acids is 1. The molecule has 1 aromatic carbocycles. The lowest BCUT2D eigenvalue weighted by Gasteiger charge is -2.24. The van der Waals surface area contributed by atoms with E-state index in [0.29, 0.717) is 10.8 Å². The Morgan fingerprint density at radius 3 is 2.52 bits per heavy atom. The molecule has 0 aliphatic heterocycles. The van der Waals surface area contributed by atoms with Crippen molar-refractivity contribution in [2.45, 2.75) is 26.3 Å². The molecule has 0 aliphatic rings. The van der Waals surface area contributed by atoms with Gasteiger partial charge in [0.1, 0.15) is 0 Å². The van der Waals surface area contributed by atoms with Crippen LogP contribution >= 0.6 is 11.6 Å². The molecule has 2 aromatic rings. The average molecular weight is 337 g/mol. The number of carbonyl (C=O) groups is 2. The fourth-order valence-electron chi connectivity index (χ4n) is 2.08. The Kier molecular flexibility index (Phi) is 5.39. The highest BCUT2D eigenvalue weighted by atomic mass is 35.5. The van der Waals surface area contributed by atoms with Gasteiger partial charge in [-0.05, 0) is 38.1 Å². The van der Waals surface area contributed by atoms with E-state index in [4.69, 9.17) is 21.2 Å². The summed E-state index contributed by atoms with van der Waals surface area (Å²) in [7, 11) is 0. The summed E-state index contributed by atoms with van der Waals surface area (Å²) in [5, 5.41) is 13.2. The fraction of sp³-hybridized carbons (Fsp3) is 0.312. The first-order valence-electron chi connectivity index (χ1n) is 7.14. The molecule has 0 saturated heterocycles. The topological polar surface area (TPSA) is 83.6 Å². The van der Waals surface area contributed by atoms with Crippen molar-refractivity contribution in [2.24, 2.45) is 0 Å². The number of carbonyl (C=O) groups excluding carboxylic acids is 1. The van der Waals surface area contributed by atoms with Gasteiger partial charge in [0.05, 0.1) is 6.42 Å². The summed E-state index contributed by atoms with van der Waals surface area (Å²) in [5.41, 5.74) is 0.900. The molecule has 0 saturated carbocycles. The zero-order chi connectivity index (χ0) is 17.0. The number of hydrogen-bond donors (Lipinski definition) is 1. The summed E-state index contributed by atoms with van der Waals surface area (Å²) in [5.74, 6) is -0.859. The minimum Gasteiger partial charge on any atom is -0.481 e. The van der Waals surface area contributed by atoms with Crippen LogP contribution in [0.2, 0.25) is 5.02 Å².